The first-order valence-corrected chi connectivity index (χ1v) is 10.3. The standard InChI is InChI=1S/C24H15ClN2O4/c25-24-17-7-3-1-5-15(17)19(16-6-2-4-8-18(16)24)20-21(24)23(29)26(22(20)28)13-9-11-14(12-10-13)27(30)31/h1-12,19-21H/t19?,20-,21-,24?/m0/s1. The summed E-state index contributed by atoms with van der Waals surface area (Å²) in [6, 6.07) is 21.0. The van der Waals surface area contributed by atoms with Crippen LogP contribution in [-0.2, 0) is 14.5 Å². The molecule has 2 amide bonds. The fourth-order valence-electron chi connectivity index (χ4n) is 5.66. The van der Waals surface area contributed by atoms with Gasteiger partial charge >= 0.3 is 0 Å². The van der Waals surface area contributed by atoms with E-state index in [1.807, 2.05) is 48.5 Å². The summed E-state index contributed by atoms with van der Waals surface area (Å²) in [5.41, 5.74) is 3.91. The first kappa shape index (κ1) is 18.3. The number of nitro benzene ring substituents is 1. The minimum Gasteiger partial charge on any atom is -0.274 e. The fraction of sp³-hybridized carbons (Fsp3) is 0.167. The van der Waals surface area contributed by atoms with Gasteiger partial charge in [0, 0.05) is 18.1 Å². The molecule has 7 heteroatoms. The zero-order valence-electron chi connectivity index (χ0n) is 16.1. The highest BCUT2D eigenvalue weighted by molar-refractivity contribution is 6.33. The number of rotatable bonds is 2. The van der Waals surface area contributed by atoms with Gasteiger partial charge in [0.1, 0.15) is 4.87 Å². The number of hydrogen-bond acceptors (Lipinski definition) is 4. The average molecular weight is 431 g/mol. The van der Waals surface area contributed by atoms with Gasteiger partial charge in [-0.1, -0.05) is 48.5 Å². The van der Waals surface area contributed by atoms with Crippen LogP contribution in [0.1, 0.15) is 28.2 Å². The van der Waals surface area contributed by atoms with E-state index < -0.39 is 21.6 Å². The third-order valence-electron chi connectivity index (χ3n) is 6.83. The van der Waals surface area contributed by atoms with E-state index in [1.54, 1.807) is 0 Å². The fourth-order valence-corrected chi connectivity index (χ4v) is 6.23. The second kappa shape index (κ2) is 6.02. The first-order valence-electron chi connectivity index (χ1n) is 9.94. The molecule has 3 aromatic carbocycles. The Kier molecular flexibility index (Phi) is 3.55. The molecule has 0 radical (unpaired) electrons. The SMILES string of the molecule is O=C1[C@@H]2[C@@H](C(=O)N1c1ccc([N+](=O)[O-])cc1)C1c3ccccc3C2(Cl)c2ccccc21. The Labute approximate surface area is 182 Å². The molecular formula is C24H15ClN2O4. The molecule has 0 spiro atoms. The molecular weight excluding hydrogens is 416 g/mol. The maximum absolute atomic E-state index is 13.7. The lowest BCUT2D eigenvalue weighted by atomic mass is 9.54. The van der Waals surface area contributed by atoms with Gasteiger partial charge < -0.3 is 0 Å². The van der Waals surface area contributed by atoms with E-state index in [1.165, 1.54) is 24.3 Å². The van der Waals surface area contributed by atoms with Crippen molar-refractivity contribution >= 4 is 34.8 Å². The molecule has 0 saturated carbocycles. The quantitative estimate of drug-likeness (QED) is 0.262. The zero-order valence-corrected chi connectivity index (χ0v) is 16.8. The van der Waals surface area contributed by atoms with Crippen LogP contribution in [0.25, 0.3) is 0 Å². The molecule has 2 atom stereocenters. The van der Waals surface area contributed by atoms with Gasteiger partial charge in [-0.25, -0.2) is 4.90 Å². The van der Waals surface area contributed by atoms with Gasteiger partial charge in [-0.3, -0.25) is 19.7 Å². The van der Waals surface area contributed by atoms with Crippen LogP contribution in [-0.4, -0.2) is 16.7 Å². The minimum atomic E-state index is -1.14. The maximum Gasteiger partial charge on any atom is 0.269 e. The van der Waals surface area contributed by atoms with Crippen LogP contribution in [0.5, 0.6) is 0 Å². The van der Waals surface area contributed by atoms with Gasteiger partial charge in [-0.2, -0.15) is 0 Å². The molecule has 0 N–H and O–H groups in total. The molecule has 3 aromatic rings. The molecule has 0 aromatic heterocycles. The Morgan fingerprint density at radius 1 is 0.839 bits per heavy atom. The molecule has 7 rings (SSSR count). The zero-order chi connectivity index (χ0) is 21.5. The van der Waals surface area contributed by atoms with Gasteiger partial charge in [0.15, 0.2) is 0 Å². The predicted molar refractivity (Wildman–Crippen MR) is 114 cm³/mol. The molecule has 1 aliphatic heterocycles. The number of non-ortho nitro benzene ring substituents is 1. The number of carbonyl (C=O) groups is 2. The monoisotopic (exact) mass is 430 g/mol. The summed E-state index contributed by atoms with van der Waals surface area (Å²) in [6.45, 7) is 0. The number of nitrogens with zero attached hydrogens (tertiary/aromatic N) is 2. The number of alkyl halides is 1. The number of carbonyl (C=O) groups excluding carboxylic acids is 2. The van der Waals surface area contributed by atoms with E-state index in [2.05, 4.69) is 0 Å². The van der Waals surface area contributed by atoms with E-state index in [4.69, 9.17) is 11.6 Å². The summed E-state index contributed by atoms with van der Waals surface area (Å²) in [5.74, 6) is -2.31. The molecule has 6 nitrogen and oxygen atoms in total. The van der Waals surface area contributed by atoms with E-state index in [0.29, 0.717) is 5.69 Å². The van der Waals surface area contributed by atoms with Crippen molar-refractivity contribution in [1.29, 1.82) is 0 Å². The first-order chi connectivity index (χ1) is 14.9. The molecule has 1 fully saturated rings. The van der Waals surface area contributed by atoms with Crippen LogP contribution in [0.4, 0.5) is 11.4 Å². The molecule has 1 saturated heterocycles. The maximum atomic E-state index is 13.7. The molecule has 4 aliphatic rings. The summed E-state index contributed by atoms with van der Waals surface area (Å²) in [5, 5.41) is 11.0. The van der Waals surface area contributed by atoms with Crippen LogP contribution in [0, 0.1) is 22.0 Å². The number of benzene rings is 3. The largest absolute Gasteiger partial charge is 0.274 e. The van der Waals surface area contributed by atoms with Gasteiger partial charge in [-0.05, 0) is 34.4 Å². The lowest BCUT2D eigenvalue weighted by molar-refractivity contribution is -0.384. The number of nitro groups is 1. The van der Waals surface area contributed by atoms with Crippen molar-refractivity contribution in [2.24, 2.45) is 11.8 Å². The van der Waals surface area contributed by atoms with Crippen molar-refractivity contribution in [2.45, 2.75) is 10.8 Å². The van der Waals surface area contributed by atoms with Gasteiger partial charge in [0.05, 0.1) is 22.4 Å². The van der Waals surface area contributed by atoms with Gasteiger partial charge in [0.25, 0.3) is 5.69 Å². The van der Waals surface area contributed by atoms with E-state index >= 15 is 0 Å². The third kappa shape index (κ3) is 2.12. The van der Waals surface area contributed by atoms with Crippen molar-refractivity contribution in [3.8, 4) is 0 Å². The summed E-state index contributed by atoms with van der Waals surface area (Å²) >= 11 is 7.35. The number of imide groups is 1. The lowest BCUT2D eigenvalue weighted by Gasteiger charge is -2.50. The van der Waals surface area contributed by atoms with Crippen molar-refractivity contribution in [2.75, 3.05) is 4.90 Å². The van der Waals surface area contributed by atoms with Crippen molar-refractivity contribution < 1.29 is 14.5 Å². The molecule has 0 unspecified atom stereocenters. The second-order valence-electron chi connectivity index (χ2n) is 8.15. The van der Waals surface area contributed by atoms with Crippen molar-refractivity contribution in [3.63, 3.8) is 0 Å². The predicted octanol–water partition coefficient (Wildman–Crippen LogP) is 4.34. The Hall–Kier alpha value is -3.51. The summed E-state index contributed by atoms with van der Waals surface area (Å²) < 4.78 is 0. The summed E-state index contributed by atoms with van der Waals surface area (Å²) in [6.07, 6.45) is 0. The Morgan fingerprint density at radius 2 is 1.39 bits per heavy atom. The normalized spacial score (nSPS) is 27.6. The van der Waals surface area contributed by atoms with Crippen LogP contribution in [0.15, 0.2) is 72.8 Å². The second-order valence-corrected chi connectivity index (χ2v) is 8.75. The highest BCUT2D eigenvalue weighted by atomic mass is 35.5. The molecule has 1 heterocycles. The Balaban J connectivity index is 1.55. The molecule has 2 bridgehead atoms. The van der Waals surface area contributed by atoms with Crippen LogP contribution < -0.4 is 4.90 Å². The van der Waals surface area contributed by atoms with Crippen molar-refractivity contribution in [1.82, 2.24) is 0 Å². The Bertz CT molecular complexity index is 1260. The number of amides is 2. The lowest BCUT2D eigenvalue weighted by Crippen LogP contribution is -2.50. The summed E-state index contributed by atoms with van der Waals surface area (Å²) in [7, 11) is 0. The van der Waals surface area contributed by atoms with Crippen LogP contribution in [0.3, 0.4) is 0 Å². The minimum absolute atomic E-state index is 0.103. The highest BCUT2D eigenvalue weighted by Crippen LogP contribution is 2.65. The third-order valence-corrected chi connectivity index (χ3v) is 7.48. The van der Waals surface area contributed by atoms with E-state index in [0.717, 1.165) is 27.2 Å². The Morgan fingerprint density at radius 3 is 1.94 bits per heavy atom. The summed E-state index contributed by atoms with van der Waals surface area (Å²) in [4.78, 5) is 37.8. The van der Waals surface area contributed by atoms with E-state index in [-0.39, 0.29) is 23.4 Å². The topological polar surface area (TPSA) is 80.5 Å². The van der Waals surface area contributed by atoms with Gasteiger partial charge in [0.2, 0.25) is 11.8 Å². The number of hydrogen-bond donors (Lipinski definition) is 0. The number of anilines is 1. The average Bonchev–Trinajstić information content (AvgIpc) is 3.06. The van der Waals surface area contributed by atoms with Crippen molar-refractivity contribution in [3.05, 3.63) is 105 Å². The number of halogens is 1. The van der Waals surface area contributed by atoms with Crippen LogP contribution >= 0.6 is 11.6 Å². The molecule has 152 valence electrons. The smallest absolute Gasteiger partial charge is 0.269 e. The molecule has 31 heavy (non-hydrogen) atoms. The van der Waals surface area contributed by atoms with Crippen LogP contribution in [0.2, 0.25) is 0 Å². The van der Waals surface area contributed by atoms with E-state index in [9.17, 15) is 19.7 Å². The van der Waals surface area contributed by atoms with Gasteiger partial charge in [-0.15, -0.1) is 11.6 Å². The molecule has 3 aliphatic carbocycles. The highest BCUT2D eigenvalue weighted by Gasteiger charge is 2.67.